The predicted molar refractivity (Wildman–Crippen MR) is 76.5 cm³/mol. The molecule has 0 fully saturated rings. The maximum Gasteiger partial charge on any atom is 0.0340 e. The van der Waals surface area contributed by atoms with Crippen molar-refractivity contribution in [2.45, 2.75) is 33.2 Å². The molecule has 1 rings (SSSR count). The molecule has 96 valence electrons. The number of nitrogens with one attached hydrogen (secondary N) is 1. The van der Waals surface area contributed by atoms with Crippen molar-refractivity contribution in [2.75, 3.05) is 25.5 Å². The highest BCUT2D eigenvalue weighted by Crippen LogP contribution is 2.09. The van der Waals surface area contributed by atoms with Crippen molar-refractivity contribution in [1.82, 2.24) is 4.90 Å². The molecule has 0 heterocycles. The van der Waals surface area contributed by atoms with Crippen molar-refractivity contribution in [1.29, 1.82) is 0 Å². The SMILES string of the molecule is CC(C)C(C)N(C)CCCNc1ccccc1. The topological polar surface area (TPSA) is 15.3 Å². The van der Waals surface area contributed by atoms with Crippen molar-refractivity contribution in [3.8, 4) is 0 Å². The Morgan fingerprint density at radius 1 is 1.12 bits per heavy atom. The molecule has 17 heavy (non-hydrogen) atoms. The van der Waals surface area contributed by atoms with Gasteiger partial charge in [-0.25, -0.2) is 0 Å². The van der Waals surface area contributed by atoms with Crippen LogP contribution in [0.5, 0.6) is 0 Å². The second-order valence-corrected chi connectivity index (χ2v) is 5.11. The minimum atomic E-state index is 0.659. The normalized spacial score (nSPS) is 13.1. The third kappa shape index (κ3) is 5.22. The summed E-state index contributed by atoms with van der Waals surface area (Å²) in [6.07, 6.45) is 1.18. The summed E-state index contributed by atoms with van der Waals surface area (Å²) in [7, 11) is 2.22. The van der Waals surface area contributed by atoms with Gasteiger partial charge in [0, 0.05) is 18.3 Å². The number of anilines is 1. The number of hydrogen-bond acceptors (Lipinski definition) is 2. The first-order valence-electron chi connectivity index (χ1n) is 6.60. The molecule has 0 aliphatic heterocycles. The highest BCUT2D eigenvalue weighted by molar-refractivity contribution is 5.42. The second kappa shape index (κ2) is 7.33. The molecule has 0 spiro atoms. The van der Waals surface area contributed by atoms with Crippen molar-refractivity contribution in [3.63, 3.8) is 0 Å². The van der Waals surface area contributed by atoms with Crippen LogP contribution >= 0.6 is 0 Å². The van der Waals surface area contributed by atoms with Gasteiger partial charge in [0.2, 0.25) is 0 Å². The summed E-state index contributed by atoms with van der Waals surface area (Å²) in [6, 6.07) is 11.1. The van der Waals surface area contributed by atoms with Crippen LogP contribution in [0.25, 0.3) is 0 Å². The summed E-state index contributed by atoms with van der Waals surface area (Å²) in [5, 5.41) is 3.44. The van der Waals surface area contributed by atoms with Crippen molar-refractivity contribution in [2.24, 2.45) is 5.92 Å². The predicted octanol–water partition coefficient (Wildman–Crippen LogP) is 3.46. The van der Waals surface area contributed by atoms with E-state index in [0.717, 1.165) is 19.0 Å². The van der Waals surface area contributed by atoms with Crippen LogP contribution in [-0.2, 0) is 0 Å². The molecule has 1 aromatic carbocycles. The summed E-state index contributed by atoms with van der Waals surface area (Å²) in [6.45, 7) is 9.06. The number of nitrogens with zero attached hydrogens (tertiary/aromatic N) is 1. The Morgan fingerprint density at radius 3 is 2.35 bits per heavy atom. The van der Waals surface area contributed by atoms with Crippen LogP contribution in [0.2, 0.25) is 0 Å². The van der Waals surface area contributed by atoms with E-state index in [1.54, 1.807) is 0 Å². The van der Waals surface area contributed by atoms with E-state index in [-0.39, 0.29) is 0 Å². The molecule has 0 aliphatic rings. The third-order valence-electron chi connectivity index (χ3n) is 3.45. The zero-order chi connectivity index (χ0) is 12.7. The first-order chi connectivity index (χ1) is 8.11. The van der Waals surface area contributed by atoms with Gasteiger partial charge in [-0.05, 0) is 45.0 Å². The highest BCUT2D eigenvalue weighted by Gasteiger charge is 2.11. The van der Waals surface area contributed by atoms with Crippen LogP contribution in [0.4, 0.5) is 5.69 Å². The first-order valence-corrected chi connectivity index (χ1v) is 6.60. The quantitative estimate of drug-likeness (QED) is 0.727. The lowest BCUT2D eigenvalue weighted by molar-refractivity contribution is 0.208. The fourth-order valence-corrected chi connectivity index (χ4v) is 1.83. The van der Waals surface area contributed by atoms with Gasteiger partial charge in [0.05, 0.1) is 0 Å². The Morgan fingerprint density at radius 2 is 1.76 bits per heavy atom. The van der Waals surface area contributed by atoms with Gasteiger partial charge in [-0.15, -0.1) is 0 Å². The molecular weight excluding hydrogens is 208 g/mol. The van der Waals surface area contributed by atoms with E-state index in [4.69, 9.17) is 0 Å². The molecule has 0 bridgehead atoms. The fourth-order valence-electron chi connectivity index (χ4n) is 1.83. The zero-order valence-electron chi connectivity index (χ0n) is 11.6. The molecule has 0 aliphatic carbocycles. The highest BCUT2D eigenvalue weighted by atomic mass is 15.1. The molecule has 1 N–H and O–H groups in total. The molecule has 0 aromatic heterocycles. The molecule has 1 aromatic rings. The first kappa shape index (κ1) is 14.0. The smallest absolute Gasteiger partial charge is 0.0340 e. The van der Waals surface area contributed by atoms with Gasteiger partial charge in [0.25, 0.3) is 0 Å². The van der Waals surface area contributed by atoms with Crippen LogP contribution in [0, 0.1) is 5.92 Å². The van der Waals surface area contributed by atoms with E-state index in [1.807, 2.05) is 6.07 Å². The van der Waals surface area contributed by atoms with Crippen LogP contribution in [0.1, 0.15) is 27.2 Å². The molecular formula is C15H26N2. The van der Waals surface area contributed by atoms with Crippen molar-refractivity contribution < 1.29 is 0 Å². The Bertz CT molecular complexity index is 295. The minimum Gasteiger partial charge on any atom is -0.385 e. The van der Waals surface area contributed by atoms with E-state index >= 15 is 0 Å². The minimum absolute atomic E-state index is 0.659. The van der Waals surface area contributed by atoms with Gasteiger partial charge >= 0.3 is 0 Å². The van der Waals surface area contributed by atoms with E-state index in [0.29, 0.717) is 6.04 Å². The molecule has 0 saturated heterocycles. The van der Waals surface area contributed by atoms with Crippen molar-refractivity contribution in [3.05, 3.63) is 30.3 Å². The Kier molecular flexibility index (Phi) is 6.06. The van der Waals surface area contributed by atoms with Crippen LogP contribution in [0.3, 0.4) is 0 Å². The molecule has 1 atom stereocenters. The molecule has 0 radical (unpaired) electrons. The van der Waals surface area contributed by atoms with Gasteiger partial charge in [-0.1, -0.05) is 32.0 Å². The average Bonchev–Trinajstić information content (AvgIpc) is 2.34. The van der Waals surface area contributed by atoms with E-state index in [2.05, 4.69) is 62.3 Å². The number of benzene rings is 1. The standard InChI is InChI=1S/C15H26N2/c1-13(2)14(3)17(4)12-8-11-16-15-9-6-5-7-10-15/h5-7,9-10,13-14,16H,8,11-12H2,1-4H3. The average molecular weight is 234 g/mol. The molecule has 2 nitrogen and oxygen atoms in total. The maximum atomic E-state index is 3.44. The summed E-state index contributed by atoms with van der Waals surface area (Å²) < 4.78 is 0. The molecule has 0 saturated carbocycles. The maximum absolute atomic E-state index is 3.44. The van der Waals surface area contributed by atoms with Crippen LogP contribution in [0.15, 0.2) is 30.3 Å². The van der Waals surface area contributed by atoms with Gasteiger partial charge in [-0.3, -0.25) is 0 Å². The van der Waals surface area contributed by atoms with Crippen LogP contribution in [-0.4, -0.2) is 31.1 Å². The largest absolute Gasteiger partial charge is 0.385 e. The van der Waals surface area contributed by atoms with Gasteiger partial charge in [-0.2, -0.15) is 0 Å². The lowest BCUT2D eigenvalue weighted by atomic mass is 10.1. The Hall–Kier alpha value is -1.02. The number of rotatable bonds is 7. The third-order valence-corrected chi connectivity index (χ3v) is 3.45. The van der Waals surface area contributed by atoms with Crippen LogP contribution < -0.4 is 5.32 Å². The van der Waals surface area contributed by atoms with Gasteiger partial charge in [0.1, 0.15) is 0 Å². The van der Waals surface area contributed by atoms with E-state index < -0.39 is 0 Å². The van der Waals surface area contributed by atoms with Gasteiger partial charge < -0.3 is 10.2 Å². The Labute approximate surface area is 106 Å². The summed E-state index contributed by atoms with van der Waals surface area (Å²) in [5.74, 6) is 0.724. The number of hydrogen-bond donors (Lipinski definition) is 1. The van der Waals surface area contributed by atoms with E-state index in [9.17, 15) is 0 Å². The van der Waals surface area contributed by atoms with E-state index in [1.165, 1.54) is 12.1 Å². The van der Waals surface area contributed by atoms with Gasteiger partial charge in [0.15, 0.2) is 0 Å². The number of para-hydroxylation sites is 1. The lowest BCUT2D eigenvalue weighted by Crippen LogP contribution is -2.34. The summed E-state index contributed by atoms with van der Waals surface area (Å²) >= 11 is 0. The Balaban J connectivity index is 2.16. The zero-order valence-corrected chi connectivity index (χ0v) is 11.6. The monoisotopic (exact) mass is 234 g/mol. The lowest BCUT2D eigenvalue weighted by Gasteiger charge is -2.27. The fraction of sp³-hybridized carbons (Fsp3) is 0.600. The molecule has 0 amide bonds. The van der Waals surface area contributed by atoms with Crippen molar-refractivity contribution >= 4 is 5.69 Å². The molecule has 2 heteroatoms. The molecule has 1 unspecified atom stereocenters. The second-order valence-electron chi connectivity index (χ2n) is 5.11. The summed E-state index contributed by atoms with van der Waals surface area (Å²) in [5.41, 5.74) is 1.21. The summed E-state index contributed by atoms with van der Waals surface area (Å²) in [4.78, 5) is 2.44.